The molecule has 1 aromatic carbocycles. The number of nitrogens with one attached hydrogen (secondary N) is 2. The van der Waals surface area contributed by atoms with Crippen LogP contribution in [-0.4, -0.2) is 42.6 Å². The lowest BCUT2D eigenvalue weighted by molar-refractivity contribution is 0.324. The van der Waals surface area contributed by atoms with E-state index in [9.17, 15) is 0 Å². The number of para-hydroxylation sites is 1. The standard InChI is InChI=1S/C17H23N3/c1-14-15(16-6-2-3-8-17(16)19-14)7-4-11-20-12-5-9-18-10-13-20/h2-4,6-8,18-19H,5,9-13H2,1H3/b7-4+. The molecule has 2 aromatic rings. The summed E-state index contributed by atoms with van der Waals surface area (Å²) in [6, 6.07) is 8.51. The minimum atomic E-state index is 1.04. The van der Waals surface area contributed by atoms with E-state index in [4.69, 9.17) is 0 Å². The second-order valence-electron chi connectivity index (χ2n) is 5.52. The number of rotatable bonds is 3. The molecule has 20 heavy (non-hydrogen) atoms. The third-order valence-electron chi connectivity index (χ3n) is 4.02. The summed E-state index contributed by atoms with van der Waals surface area (Å²) in [7, 11) is 0. The number of H-pyrrole nitrogens is 1. The van der Waals surface area contributed by atoms with E-state index in [2.05, 4.69) is 58.5 Å². The number of benzene rings is 1. The molecule has 1 saturated heterocycles. The van der Waals surface area contributed by atoms with Crippen LogP contribution in [0.1, 0.15) is 17.7 Å². The summed E-state index contributed by atoms with van der Waals surface area (Å²) in [4.78, 5) is 5.97. The van der Waals surface area contributed by atoms with E-state index in [0.717, 1.165) is 26.2 Å². The van der Waals surface area contributed by atoms with E-state index in [-0.39, 0.29) is 0 Å². The molecule has 1 fully saturated rings. The van der Waals surface area contributed by atoms with E-state index < -0.39 is 0 Å². The van der Waals surface area contributed by atoms with Gasteiger partial charge in [0, 0.05) is 41.8 Å². The van der Waals surface area contributed by atoms with Crippen molar-refractivity contribution >= 4 is 17.0 Å². The van der Waals surface area contributed by atoms with Crippen molar-refractivity contribution in [1.29, 1.82) is 0 Å². The number of fused-ring (bicyclic) bond motifs is 1. The molecule has 0 unspecified atom stereocenters. The highest BCUT2D eigenvalue weighted by Crippen LogP contribution is 2.22. The van der Waals surface area contributed by atoms with Crippen LogP contribution >= 0.6 is 0 Å². The van der Waals surface area contributed by atoms with Gasteiger partial charge >= 0.3 is 0 Å². The predicted octanol–water partition coefficient (Wildman–Crippen LogP) is 2.78. The van der Waals surface area contributed by atoms with Crippen LogP contribution in [0.2, 0.25) is 0 Å². The van der Waals surface area contributed by atoms with Crippen LogP contribution in [-0.2, 0) is 0 Å². The van der Waals surface area contributed by atoms with E-state index in [0.29, 0.717) is 0 Å². The molecule has 3 nitrogen and oxygen atoms in total. The second-order valence-corrected chi connectivity index (χ2v) is 5.52. The smallest absolute Gasteiger partial charge is 0.0462 e. The number of nitrogens with zero attached hydrogens (tertiary/aromatic N) is 1. The predicted molar refractivity (Wildman–Crippen MR) is 86.0 cm³/mol. The van der Waals surface area contributed by atoms with Crippen molar-refractivity contribution in [2.45, 2.75) is 13.3 Å². The largest absolute Gasteiger partial charge is 0.358 e. The molecule has 3 rings (SSSR count). The molecule has 0 amide bonds. The zero-order valence-corrected chi connectivity index (χ0v) is 12.2. The van der Waals surface area contributed by atoms with Gasteiger partial charge in [-0.1, -0.05) is 30.4 Å². The lowest BCUT2D eigenvalue weighted by atomic mass is 10.1. The number of aromatic nitrogens is 1. The average molecular weight is 269 g/mol. The fourth-order valence-corrected chi connectivity index (χ4v) is 2.92. The molecule has 2 N–H and O–H groups in total. The van der Waals surface area contributed by atoms with Crippen molar-refractivity contribution < 1.29 is 0 Å². The molecule has 0 aliphatic carbocycles. The van der Waals surface area contributed by atoms with Crippen molar-refractivity contribution in [3.05, 3.63) is 41.6 Å². The monoisotopic (exact) mass is 269 g/mol. The molecule has 0 radical (unpaired) electrons. The van der Waals surface area contributed by atoms with E-state index in [1.54, 1.807) is 0 Å². The van der Waals surface area contributed by atoms with Crippen LogP contribution < -0.4 is 5.32 Å². The van der Waals surface area contributed by atoms with Crippen LogP contribution in [0.25, 0.3) is 17.0 Å². The Morgan fingerprint density at radius 3 is 3.05 bits per heavy atom. The van der Waals surface area contributed by atoms with Crippen LogP contribution in [0.3, 0.4) is 0 Å². The molecule has 3 heteroatoms. The minimum Gasteiger partial charge on any atom is -0.358 e. The summed E-state index contributed by atoms with van der Waals surface area (Å²) in [5.74, 6) is 0. The molecule has 1 aliphatic heterocycles. The van der Waals surface area contributed by atoms with Gasteiger partial charge in [0.2, 0.25) is 0 Å². The first kappa shape index (κ1) is 13.4. The average Bonchev–Trinajstić information content (AvgIpc) is 2.65. The Labute approximate surface area is 120 Å². The highest BCUT2D eigenvalue weighted by molar-refractivity contribution is 5.90. The normalized spacial score (nSPS) is 17.9. The fourth-order valence-electron chi connectivity index (χ4n) is 2.92. The van der Waals surface area contributed by atoms with Gasteiger partial charge in [0.15, 0.2) is 0 Å². The lowest BCUT2D eigenvalue weighted by Crippen LogP contribution is -2.28. The van der Waals surface area contributed by atoms with Gasteiger partial charge < -0.3 is 10.3 Å². The quantitative estimate of drug-likeness (QED) is 0.897. The summed E-state index contributed by atoms with van der Waals surface area (Å²) < 4.78 is 0. The van der Waals surface area contributed by atoms with E-state index in [1.807, 2.05) is 0 Å². The minimum absolute atomic E-state index is 1.04. The van der Waals surface area contributed by atoms with Gasteiger partial charge in [-0.15, -0.1) is 0 Å². The molecule has 0 atom stereocenters. The van der Waals surface area contributed by atoms with Crippen LogP contribution in [0.15, 0.2) is 30.3 Å². The Morgan fingerprint density at radius 2 is 2.10 bits per heavy atom. The lowest BCUT2D eigenvalue weighted by Gasteiger charge is -2.16. The number of hydrogen-bond donors (Lipinski definition) is 2. The van der Waals surface area contributed by atoms with Crippen LogP contribution in [0.4, 0.5) is 0 Å². The van der Waals surface area contributed by atoms with Crippen LogP contribution in [0, 0.1) is 6.92 Å². The maximum absolute atomic E-state index is 3.45. The third kappa shape index (κ3) is 2.94. The third-order valence-corrected chi connectivity index (χ3v) is 4.02. The molecule has 1 aliphatic rings. The Hall–Kier alpha value is -1.58. The van der Waals surface area contributed by atoms with Crippen molar-refractivity contribution in [3.8, 4) is 0 Å². The zero-order valence-electron chi connectivity index (χ0n) is 12.2. The molecule has 0 saturated carbocycles. The van der Waals surface area contributed by atoms with Crippen molar-refractivity contribution in [3.63, 3.8) is 0 Å². The first-order valence-electron chi connectivity index (χ1n) is 7.51. The van der Waals surface area contributed by atoms with E-state index >= 15 is 0 Å². The van der Waals surface area contributed by atoms with Gasteiger partial charge in [0.1, 0.15) is 0 Å². The first-order valence-corrected chi connectivity index (χ1v) is 7.51. The summed E-state index contributed by atoms with van der Waals surface area (Å²) in [6.07, 6.45) is 5.82. The number of hydrogen-bond acceptors (Lipinski definition) is 2. The molecule has 1 aromatic heterocycles. The van der Waals surface area contributed by atoms with E-state index in [1.165, 1.54) is 35.1 Å². The first-order chi connectivity index (χ1) is 9.84. The van der Waals surface area contributed by atoms with Crippen molar-refractivity contribution in [2.75, 3.05) is 32.7 Å². The molecule has 2 heterocycles. The van der Waals surface area contributed by atoms with Gasteiger partial charge in [-0.25, -0.2) is 0 Å². The summed E-state index contributed by atoms with van der Waals surface area (Å²) in [6.45, 7) is 7.80. The summed E-state index contributed by atoms with van der Waals surface area (Å²) >= 11 is 0. The van der Waals surface area contributed by atoms with Gasteiger partial charge in [0.25, 0.3) is 0 Å². The van der Waals surface area contributed by atoms with Crippen LogP contribution in [0.5, 0.6) is 0 Å². The second kappa shape index (κ2) is 6.25. The Balaban J connectivity index is 1.72. The Morgan fingerprint density at radius 1 is 1.20 bits per heavy atom. The maximum atomic E-state index is 3.45. The SMILES string of the molecule is Cc1[nH]c2ccccc2c1/C=C/CN1CCCNCC1. The highest BCUT2D eigenvalue weighted by Gasteiger charge is 2.07. The summed E-state index contributed by atoms with van der Waals surface area (Å²) in [5, 5.41) is 4.76. The van der Waals surface area contributed by atoms with Crippen molar-refractivity contribution in [1.82, 2.24) is 15.2 Å². The number of aromatic amines is 1. The van der Waals surface area contributed by atoms with Gasteiger partial charge in [-0.2, -0.15) is 0 Å². The Kier molecular flexibility index (Phi) is 4.19. The van der Waals surface area contributed by atoms with Crippen molar-refractivity contribution in [2.24, 2.45) is 0 Å². The van der Waals surface area contributed by atoms with Gasteiger partial charge in [-0.05, 0) is 32.5 Å². The molecule has 0 spiro atoms. The molecule has 0 bridgehead atoms. The maximum Gasteiger partial charge on any atom is 0.0462 e. The number of aryl methyl sites for hydroxylation is 1. The molecular formula is C17H23N3. The van der Waals surface area contributed by atoms with Gasteiger partial charge in [0.05, 0.1) is 0 Å². The Bertz CT molecular complexity index is 589. The molecule has 106 valence electrons. The topological polar surface area (TPSA) is 31.1 Å². The molecular weight excluding hydrogens is 246 g/mol. The highest BCUT2D eigenvalue weighted by atomic mass is 15.1. The van der Waals surface area contributed by atoms with Gasteiger partial charge in [-0.3, -0.25) is 4.90 Å². The summed E-state index contributed by atoms with van der Waals surface area (Å²) in [5.41, 5.74) is 3.80. The zero-order chi connectivity index (χ0) is 13.8. The fraction of sp³-hybridized carbons (Fsp3) is 0.412.